The second kappa shape index (κ2) is 5.53. The van der Waals surface area contributed by atoms with Crippen LogP contribution in [0.25, 0.3) is 5.69 Å². The first-order chi connectivity index (χ1) is 10.4. The van der Waals surface area contributed by atoms with Crippen molar-refractivity contribution in [2.24, 2.45) is 0 Å². The van der Waals surface area contributed by atoms with Gasteiger partial charge in [0.15, 0.2) is 15.5 Å². The predicted octanol–water partition coefficient (Wildman–Crippen LogP) is 0.446. The van der Waals surface area contributed by atoms with Gasteiger partial charge in [0.2, 0.25) is 0 Å². The molecule has 22 heavy (non-hydrogen) atoms. The minimum Gasteiger partial charge on any atom is -0.335 e. The van der Waals surface area contributed by atoms with E-state index in [1.165, 1.54) is 9.58 Å². The van der Waals surface area contributed by atoms with E-state index in [0.29, 0.717) is 0 Å². The van der Waals surface area contributed by atoms with Crippen molar-refractivity contribution in [1.82, 2.24) is 19.9 Å². The number of carbonyl (C=O) groups is 1. The highest BCUT2D eigenvalue weighted by Crippen LogP contribution is 2.11. The summed E-state index contributed by atoms with van der Waals surface area (Å²) < 4.78 is 24.3. The molecule has 1 amide bonds. The van der Waals surface area contributed by atoms with Crippen LogP contribution in [0, 0.1) is 6.92 Å². The number of hydrogen-bond donors (Lipinski definition) is 0. The molecule has 0 bridgehead atoms. The zero-order chi connectivity index (χ0) is 15.7. The fourth-order valence-electron chi connectivity index (χ4n) is 2.26. The number of nitrogens with zero attached hydrogens (tertiary/aromatic N) is 4. The van der Waals surface area contributed by atoms with Gasteiger partial charge in [-0.3, -0.25) is 4.79 Å². The lowest BCUT2D eigenvalue weighted by molar-refractivity contribution is 0.0764. The Hall–Kier alpha value is -2.22. The lowest BCUT2D eigenvalue weighted by Gasteiger charge is -2.25. The molecule has 2 heterocycles. The maximum absolute atomic E-state index is 12.3. The number of sulfone groups is 1. The lowest BCUT2D eigenvalue weighted by atomic mass is 10.2. The van der Waals surface area contributed by atoms with E-state index < -0.39 is 9.84 Å². The summed E-state index contributed by atoms with van der Waals surface area (Å²) >= 11 is 0. The molecule has 7 nitrogen and oxygen atoms in total. The molecule has 1 fully saturated rings. The van der Waals surface area contributed by atoms with Crippen molar-refractivity contribution in [3.05, 3.63) is 41.7 Å². The first-order valence-corrected chi connectivity index (χ1v) is 8.76. The van der Waals surface area contributed by atoms with Crippen molar-refractivity contribution in [3.8, 4) is 5.69 Å². The molecule has 0 radical (unpaired) electrons. The van der Waals surface area contributed by atoms with Gasteiger partial charge in [-0.05, 0) is 19.1 Å². The zero-order valence-electron chi connectivity index (χ0n) is 12.1. The quantitative estimate of drug-likeness (QED) is 0.802. The van der Waals surface area contributed by atoms with Gasteiger partial charge in [-0.2, -0.15) is 0 Å². The molecule has 1 aliphatic rings. The minimum atomic E-state index is -3.01. The van der Waals surface area contributed by atoms with Gasteiger partial charge in [-0.15, -0.1) is 5.10 Å². The Kier molecular flexibility index (Phi) is 3.69. The largest absolute Gasteiger partial charge is 0.335 e. The van der Waals surface area contributed by atoms with Crippen LogP contribution < -0.4 is 0 Å². The van der Waals surface area contributed by atoms with Gasteiger partial charge in [0.05, 0.1) is 23.4 Å². The van der Waals surface area contributed by atoms with Crippen LogP contribution in [0.15, 0.2) is 30.5 Å². The molecule has 0 unspecified atom stereocenters. The van der Waals surface area contributed by atoms with Crippen LogP contribution in [0.2, 0.25) is 0 Å². The predicted molar refractivity (Wildman–Crippen MR) is 80.7 cm³/mol. The highest BCUT2D eigenvalue weighted by Gasteiger charge is 2.27. The molecule has 0 atom stereocenters. The number of aryl methyl sites for hydroxylation is 1. The standard InChI is InChI=1S/C14H16N4O3S/c1-11-2-4-12(5-3-11)18-10-13(15-16-18)14(19)17-6-8-22(20,21)9-7-17/h2-5,10H,6-9H2,1H3. The van der Waals surface area contributed by atoms with E-state index in [1.54, 1.807) is 6.20 Å². The topological polar surface area (TPSA) is 85.2 Å². The summed E-state index contributed by atoms with van der Waals surface area (Å²) in [6.07, 6.45) is 1.57. The van der Waals surface area contributed by atoms with Gasteiger partial charge in [-0.25, -0.2) is 13.1 Å². The third kappa shape index (κ3) is 3.01. The van der Waals surface area contributed by atoms with Crippen LogP contribution in [0.1, 0.15) is 16.1 Å². The van der Waals surface area contributed by atoms with Crippen molar-refractivity contribution in [1.29, 1.82) is 0 Å². The number of amides is 1. The third-order valence-electron chi connectivity index (χ3n) is 3.64. The van der Waals surface area contributed by atoms with Gasteiger partial charge in [0, 0.05) is 13.1 Å². The molecule has 2 aromatic rings. The maximum atomic E-state index is 12.3. The molecule has 116 valence electrons. The van der Waals surface area contributed by atoms with Crippen LogP contribution in [-0.2, 0) is 9.84 Å². The minimum absolute atomic E-state index is 0.00480. The number of aromatic nitrogens is 3. The van der Waals surface area contributed by atoms with Crippen molar-refractivity contribution in [2.75, 3.05) is 24.6 Å². The summed E-state index contributed by atoms with van der Waals surface area (Å²) in [5.41, 5.74) is 2.17. The van der Waals surface area contributed by atoms with Crippen molar-refractivity contribution in [3.63, 3.8) is 0 Å². The zero-order valence-corrected chi connectivity index (χ0v) is 13.0. The number of hydrogen-bond acceptors (Lipinski definition) is 5. The van der Waals surface area contributed by atoms with E-state index in [4.69, 9.17) is 0 Å². The molecule has 0 aliphatic carbocycles. The SMILES string of the molecule is Cc1ccc(-n2cc(C(=O)N3CCS(=O)(=O)CC3)nn2)cc1. The van der Waals surface area contributed by atoms with Gasteiger partial charge in [-0.1, -0.05) is 22.9 Å². The van der Waals surface area contributed by atoms with Crippen LogP contribution in [-0.4, -0.2) is 58.8 Å². The lowest BCUT2D eigenvalue weighted by Crippen LogP contribution is -2.43. The van der Waals surface area contributed by atoms with Gasteiger partial charge in [0.1, 0.15) is 0 Å². The second-order valence-electron chi connectivity index (χ2n) is 5.33. The molecule has 1 aliphatic heterocycles. The number of rotatable bonds is 2. The summed E-state index contributed by atoms with van der Waals surface area (Å²) in [6, 6.07) is 7.69. The molecule has 3 rings (SSSR count). The molecular formula is C14H16N4O3S. The number of carbonyl (C=O) groups excluding carboxylic acids is 1. The van der Waals surface area contributed by atoms with E-state index >= 15 is 0 Å². The third-order valence-corrected chi connectivity index (χ3v) is 5.25. The van der Waals surface area contributed by atoms with E-state index in [2.05, 4.69) is 10.3 Å². The van der Waals surface area contributed by atoms with Gasteiger partial charge < -0.3 is 4.90 Å². The van der Waals surface area contributed by atoms with Crippen molar-refractivity contribution < 1.29 is 13.2 Å². The van der Waals surface area contributed by atoms with E-state index in [0.717, 1.165) is 11.3 Å². The monoisotopic (exact) mass is 320 g/mol. The van der Waals surface area contributed by atoms with E-state index in [9.17, 15) is 13.2 Å². The first kappa shape index (κ1) is 14.7. The van der Waals surface area contributed by atoms with Crippen molar-refractivity contribution in [2.45, 2.75) is 6.92 Å². The molecular weight excluding hydrogens is 304 g/mol. The molecule has 0 spiro atoms. The molecule has 1 saturated heterocycles. The fourth-order valence-corrected chi connectivity index (χ4v) is 3.46. The van der Waals surface area contributed by atoms with Gasteiger partial charge >= 0.3 is 0 Å². The summed E-state index contributed by atoms with van der Waals surface area (Å²) in [5, 5.41) is 7.86. The Bertz CT molecular complexity index is 782. The Balaban J connectivity index is 1.76. The highest BCUT2D eigenvalue weighted by molar-refractivity contribution is 7.91. The van der Waals surface area contributed by atoms with Crippen LogP contribution in [0.5, 0.6) is 0 Å². The summed E-state index contributed by atoms with van der Waals surface area (Å²) in [7, 11) is -3.01. The van der Waals surface area contributed by atoms with E-state index in [-0.39, 0.29) is 36.2 Å². The average Bonchev–Trinajstić information content (AvgIpc) is 2.97. The first-order valence-electron chi connectivity index (χ1n) is 6.94. The summed E-state index contributed by atoms with van der Waals surface area (Å²) in [5.74, 6) is -0.274. The van der Waals surface area contributed by atoms with Gasteiger partial charge in [0.25, 0.3) is 5.91 Å². The van der Waals surface area contributed by atoms with Crippen molar-refractivity contribution >= 4 is 15.7 Å². The molecule has 1 aromatic heterocycles. The highest BCUT2D eigenvalue weighted by atomic mass is 32.2. The number of benzene rings is 1. The molecule has 0 N–H and O–H groups in total. The smallest absolute Gasteiger partial charge is 0.276 e. The fraction of sp³-hybridized carbons (Fsp3) is 0.357. The van der Waals surface area contributed by atoms with E-state index in [1.807, 2.05) is 31.2 Å². The Labute approximate surface area is 128 Å². The Morgan fingerprint density at radius 2 is 1.77 bits per heavy atom. The Morgan fingerprint density at radius 3 is 2.41 bits per heavy atom. The van der Waals surface area contributed by atoms with Crippen LogP contribution in [0.3, 0.4) is 0 Å². The van der Waals surface area contributed by atoms with Crippen LogP contribution in [0.4, 0.5) is 0 Å². The molecule has 0 saturated carbocycles. The summed E-state index contributed by atoms with van der Waals surface area (Å²) in [4.78, 5) is 13.8. The molecule has 8 heteroatoms. The Morgan fingerprint density at radius 1 is 1.14 bits per heavy atom. The maximum Gasteiger partial charge on any atom is 0.276 e. The summed E-state index contributed by atoms with van der Waals surface area (Å²) in [6.45, 7) is 2.40. The normalized spacial score (nSPS) is 17.4. The van der Waals surface area contributed by atoms with Crippen LogP contribution >= 0.6 is 0 Å². The molecule has 1 aromatic carbocycles. The average molecular weight is 320 g/mol. The second-order valence-corrected chi connectivity index (χ2v) is 7.63.